The first kappa shape index (κ1) is 9.90. The summed E-state index contributed by atoms with van der Waals surface area (Å²) in [4.78, 5) is 0. The Morgan fingerprint density at radius 1 is 0.556 bits per heavy atom. The average Bonchev–Trinajstić information content (AvgIpc) is 3.01. The molecule has 0 bridgehead atoms. The van der Waals surface area contributed by atoms with Gasteiger partial charge < -0.3 is 0 Å². The normalized spacial score (nSPS) is 16.0. The summed E-state index contributed by atoms with van der Waals surface area (Å²) in [6, 6.07) is 17.5. The number of rotatable bonds is 1. The lowest BCUT2D eigenvalue weighted by Gasteiger charge is -2.03. The third-order valence-corrected chi connectivity index (χ3v) is 3.99. The van der Waals surface area contributed by atoms with Gasteiger partial charge in [-0.05, 0) is 44.9 Å². The highest BCUT2D eigenvalue weighted by atomic mass is 14.2. The summed E-state index contributed by atoms with van der Waals surface area (Å²) >= 11 is 0. The fraction of sp³-hybridized carbons (Fsp3) is 0.111. The lowest BCUT2D eigenvalue weighted by molar-refractivity contribution is 1.44. The smallest absolute Gasteiger partial charge is 0.00790 e. The van der Waals surface area contributed by atoms with Crippen LogP contribution in [-0.2, 0) is 0 Å². The van der Waals surface area contributed by atoms with Crippen molar-refractivity contribution in [1.82, 2.24) is 0 Å². The monoisotopic (exact) mass is 230 g/mol. The van der Waals surface area contributed by atoms with Crippen molar-refractivity contribution in [2.75, 3.05) is 0 Å². The van der Waals surface area contributed by atoms with Crippen molar-refractivity contribution in [1.29, 1.82) is 0 Å². The molecule has 18 heavy (non-hydrogen) atoms. The van der Waals surface area contributed by atoms with E-state index in [2.05, 4.69) is 60.7 Å². The molecule has 0 saturated heterocycles. The molecular weight excluding hydrogens is 216 g/mol. The number of fused-ring (bicyclic) bond motifs is 2. The Morgan fingerprint density at radius 3 is 1.50 bits per heavy atom. The Hall–Kier alpha value is -2.08. The van der Waals surface area contributed by atoms with E-state index < -0.39 is 0 Å². The van der Waals surface area contributed by atoms with E-state index >= 15 is 0 Å². The molecule has 0 spiro atoms. The lowest BCUT2D eigenvalue weighted by atomic mass is 10.0. The van der Waals surface area contributed by atoms with Gasteiger partial charge in [-0.2, -0.15) is 0 Å². The molecule has 0 amide bonds. The highest BCUT2D eigenvalue weighted by Gasteiger charge is 2.13. The molecule has 2 aliphatic rings. The van der Waals surface area contributed by atoms with E-state index in [0.29, 0.717) is 0 Å². The topological polar surface area (TPSA) is 0 Å². The molecule has 0 aliphatic heterocycles. The van der Waals surface area contributed by atoms with Crippen molar-refractivity contribution in [3.63, 3.8) is 0 Å². The van der Waals surface area contributed by atoms with E-state index in [1.807, 2.05) is 0 Å². The van der Waals surface area contributed by atoms with E-state index in [1.165, 1.54) is 32.0 Å². The van der Waals surface area contributed by atoms with Gasteiger partial charge in [-0.3, -0.25) is 0 Å². The fourth-order valence-corrected chi connectivity index (χ4v) is 3.12. The van der Waals surface area contributed by atoms with Crippen LogP contribution in [0.1, 0.15) is 12.8 Å². The summed E-state index contributed by atoms with van der Waals surface area (Å²) in [7, 11) is 0. The van der Waals surface area contributed by atoms with Gasteiger partial charge in [0.1, 0.15) is 0 Å². The molecule has 2 aliphatic carbocycles. The van der Waals surface area contributed by atoms with Gasteiger partial charge in [-0.25, -0.2) is 0 Å². The molecule has 0 heteroatoms. The van der Waals surface area contributed by atoms with E-state index in [0.717, 1.165) is 12.8 Å². The van der Waals surface area contributed by atoms with Crippen LogP contribution in [0.3, 0.4) is 0 Å². The number of benzene rings is 2. The maximum absolute atomic E-state index is 2.35. The molecule has 86 valence electrons. The highest BCUT2D eigenvalue weighted by molar-refractivity contribution is 5.94. The Kier molecular flexibility index (Phi) is 2.04. The standard InChI is InChI=1S/C18H14/c1-3-7-15-13(5-1)9-11-17(15)18-12-10-14-6-2-4-8-16(14)18/h1-10H,11-12H2. The summed E-state index contributed by atoms with van der Waals surface area (Å²) in [5.74, 6) is 0. The van der Waals surface area contributed by atoms with Crippen molar-refractivity contribution in [2.24, 2.45) is 0 Å². The van der Waals surface area contributed by atoms with Gasteiger partial charge in [-0.1, -0.05) is 60.7 Å². The maximum atomic E-state index is 2.35. The molecule has 2 aromatic rings. The maximum Gasteiger partial charge on any atom is -0.00790 e. The molecular formula is C18H14. The van der Waals surface area contributed by atoms with Gasteiger partial charge in [0, 0.05) is 0 Å². The quantitative estimate of drug-likeness (QED) is 0.687. The summed E-state index contributed by atoms with van der Waals surface area (Å²) in [6.07, 6.45) is 6.85. The van der Waals surface area contributed by atoms with Crippen LogP contribution in [0.25, 0.3) is 23.3 Å². The predicted octanol–water partition coefficient (Wildman–Crippen LogP) is 1.06. The van der Waals surface area contributed by atoms with Gasteiger partial charge in [0.15, 0.2) is 0 Å². The molecule has 0 aromatic heterocycles. The third-order valence-electron chi connectivity index (χ3n) is 3.99. The molecule has 0 saturated carbocycles. The van der Waals surface area contributed by atoms with E-state index in [4.69, 9.17) is 0 Å². The minimum Gasteiger partial charge on any atom is -0.0722 e. The summed E-state index contributed by atoms with van der Waals surface area (Å²) in [5, 5.41) is 5.64. The van der Waals surface area contributed by atoms with Crippen LogP contribution < -0.4 is 20.9 Å². The van der Waals surface area contributed by atoms with Crippen LogP contribution in [0.4, 0.5) is 0 Å². The predicted molar refractivity (Wildman–Crippen MR) is 76.4 cm³/mol. The van der Waals surface area contributed by atoms with E-state index in [-0.39, 0.29) is 0 Å². The molecule has 0 radical (unpaired) electrons. The second kappa shape index (κ2) is 3.71. The summed E-state index contributed by atoms with van der Waals surface area (Å²) < 4.78 is 0. The van der Waals surface area contributed by atoms with E-state index in [1.54, 1.807) is 0 Å². The first-order valence-corrected chi connectivity index (χ1v) is 6.51. The van der Waals surface area contributed by atoms with E-state index in [9.17, 15) is 0 Å². The third kappa shape index (κ3) is 1.32. The zero-order chi connectivity index (χ0) is 11.9. The molecule has 0 N–H and O–H groups in total. The van der Waals surface area contributed by atoms with Crippen LogP contribution in [0.15, 0.2) is 48.5 Å². The summed E-state index contributed by atoms with van der Waals surface area (Å²) in [6.45, 7) is 0. The Morgan fingerprint density at radius 2 is 1.00 bits per heavy atom. The lowest BCUT2D eigenvalue weighted by Crippen LogP contribution is -2.25. The van der Waals surface area contributed by atoms with Crippen molar-refractivity contribution < 1.29 is 0 Å². The van der Waals surface area contributed by atoms with Crippen molar-refractivity contribution in [2.45, 2.75) is 12.8 Å². The second-order valence-corrected chi connectivity index (χ2v) is 4.95. The number of hydrogen-bond acceptors (Lipinski definition) is 0. The van der Waals surface area contributed by atoms with Crippen molar-refractivity contribution in [3.8, 4) is 0 Å². The van der Waals surface area contributed by atoms with Crippen LogP contribution in [0.2, 0.25) is 0 Å². The van der Waals surface area contributed by atoms with Crippen molar-refractivity contribution >= 4 is 23.3 Å². The molecule has 2 aromatic carbocycles. The zero-order valence-corrected chi connectivity index (χ0v) is 10.2. The average molecular weight is 230 g/mol. The minimum atomic E-state index is 1.08. The fourth-order valence-electron chi connectivity index (χ4n) is 3.12. The van der Waals surface area contributed by atoms with Crippen molar-refractivity contribution in [3.05, 3.63) is 69.4 Å². The summed E-state index contributed by atoms with van der Waals surface area (Å²) in [5.41, 5.74) is 3.04. The molecule has 0 fully saturated rings. The Bertz CT molecular complexity index is 791. The highest BCUT2D eigenvalue weighted by Crippen LogP contribution is 2.22. The van der Waals surface area contributed by atoms with Gasteiger partial charge in [-0.15, -0.1) is 0 Å². The van der Waals surface area contributed by atoms with Gasteiger partial charge in [0.2, 0.25) is 0 Å². The molecule has 0 unspecified atom stereocenters. The molecule has 0 nitrogen and oxygen atoms in total. The number of hydrogen-bond donors (Lipinski definition) is 0. The van der Waals surface area contributed by atoms with Crippen LogP contribution in [0, 0.1) is 0 Å². The Balaban J connectivity index is 2.11. The van der Waals surface area contributed by atoms with Crippen LogP contribution >= 0.6 is 0 Å². The largest absolute Gasteiger partial charge is 0.0722 e. The Labute approximate surface area is 106 Å². The SMILES string of the molecule is C1=c2ccccc2=C(C2=c3ccccc3=CC2)C1. The second-order valence-electron chi connectivity index (χ2n) is 4.95. The van der Waals surface area contributed by atoms with Gasteiger partial charge >= 0.3 is 0 Å². The van der Waals surface area contributed by atoms with Gasteiger partial charge in [0.25, 0.3) is 0 Å². The molecule has 4 rings (SSSR count). The first-order valence-electron chi connectivity index (χ1n) is 6.51. The first-order chi connectivity index (χ1) is 8.93. The molecule has 0 atom stereocenters. The molecule has 0 heterocycles. The zero-order valence-electron chi connectivity index (χ0n) is 10.2. The minimum absolute atomic E-state index is 1.08. The van der Waals surface area contributed by atoms with Crippen LogP contribution in [-0.4, -0.2) is 0 Å². The van der Waals surface area contributed by atoms with Crippen LogP contribution in [0.5, 0.6) is 0 Å². The van der Waals surface area contributed by atoms with Gasteiger partial charge in [0.05, 0.1) is 0 Å².